The van der Waals surface area contributed by atoms with E-state index in [1.807, 2.05) is 6.92 Å². The minimum Gasteiger partial charge on any atom is -0.479 e. The van der Waals surface area contributed by atoms with Gasteiger partial charge in [0.05, 0.1) is 6.10 Å². The average molecular weight is 392 g/mol. The molecule has 0 bridgehead atoms. The third-order valence-corrected chi connectivity index (χ3v) is 6.13. The molecule has 0 spiro atoms. The van der Waals surface area contributed by atoms with Crippen LogP contribution in [0.1, 0.15) is 33.6 Å². The third kappa shape index (κ3) is 3.05. The molecule has 152 valence electrons. The molecular formula is C20H25FN2O5. The molecule has 1 saturated carbocycles. The molecule has 2 fully saturated rings. The summed E-state index contributed by atoms with van der Waals surface area (Å²) in [6.45, 7) is 6.08. The smallest absolute Gasteiger partial charge is 0.330 e. The Bertz CT molecular complexity index is 794. The lowest BCUT2D eigenvalue weighted by atomic mass is 9.54. The minimum absolute atomic E-state index is 0.150. The Hall–Kier alpha value is -2.48. The number of aliphatic carboxylic acids is 1. The second-order valence-corrected chi connectivity index (χ2v) is 7.88. The number of carbonyl (C=O) groups is 3. The lowest BCUT2D eigenvalue weighted by Crippen LogP contribution is -2.76. The highest BCUT2D eigenvalue weighted by Crippen LogP contribution is 2.51. The number of amides is 2. The second kappa shape index (κ2) is 7.16. The van der Waals surface area contributed by atoms with E-state index in [1.165, 1.54) is 29.2 Å². The zero-order chi connectivity index (χ0) is 20.7. The van der Waals surface area contributed by atoms with E-state index in [2.05, 4.69) is 5.32 Å². The largest absolute Gasteiger partial charge is 0.479 e. The van der Waals surface area contributed by atoms with Crippen molar-refractivity contribution in [1.82, 2.24) is 5.32 Å². The Balaban J connectivity index is 1.74. The number of ether oxygens (including phenoxy) is 1. The molecular weight excluding hydrogens is 367 g/mol. The summed E-state index contributed by atoms with van der Waals surface area (Å²) in [6.07, 6.45) is 0.133. The summed E-state index contributed by atoms with van der Waals surface area (Å²) in [5.41, 5.74) is -1.79. The minimum atomic E-state index is -1.48. The van der Waals surface area contributed by atoms with Gasteiger partial charge in [0.2, 0.25) is 11.8 Å². The van der Waals surface area contributed by atoms with Gasteiger partial charge in [-0.15, -0.1) is 0 Å². The molecule has 1 heterocycles. The lowest BCUT2D eigenvalue weighted by molar-refractivity contribution is -0.195. The quantitative estimate of drug-likeness (QED) is 0.722. The molecule has 1 aliphatic carbocycles. The predicted molar refractivity (Wildman–Crippen MR) is 99.2 cm³/mol. The van der Waals surface area contributed by atoms with Gasteiger partial charge in [0.15, 0.2) is 0 Å². The van der Waals surface area contributed by atoms with E-state index in [-0.39, 0.29) is 18.9 Å². The van der Waals surface area contributed by atoms with Crippen molar-refractivity contribution in [3.8, 4) is 0 Å². The van der Waals surface area contributed by atoms with Gasteiger partial charge in [0.25, 0.3) is 0 Å². The van der Waals surface area contributed by atoms with Crippen molar-refractivity contribution in [1.29, 1.82) is 0 Å². The number of hydrogen-bond donors (Lipinski definition) is 2. The van der Waals surface area contributed by atoms with Crippen LogP contribution >= 0.6 is 0 Å². The predicted octanol–water partition coefficient (Wildman–Crippen LogP) is 1.95. The van der Waals surface area contributed by atoms with Gasteiger partial charge in [0.1, 0.15) is 17.3 Å². The fraction of sp³-hybridized carbons (Fsp3) is 0.550. The molecule has 3 unspecified atom stereocenters. The first-order valence-electron chi connectivity index (χ1n) is 9.38. The van der Waals surface area contributed by atoms with Gasteiger partial charge in [-0.1, -0.05) is 13.8 Å². The summed E-state index contributed by atoms with van der Waals surface area (Å²) in [6, 6.07) is 5.46. The van der Waals surface area contributed by atoms with Crippen LogP contribution in [0.3, 0.4) is 0 Å². The van der Waals surface area contributed by atoms with Crippen LogP contribution in [0.2, 0.25) is 0 Å². The average Bonchev–Trinajstić information content (AvgIpc) is 3.02. The van der Waals surface area contributed by atoms with Crippen LogP contribution in [0.5, 0.6) is 0 Å². The van der Waals surface area contributed by atoms with Crippen LogP contribution in [-0.2, 0) is 19.1 Å². The number of nitrogens with zero attached hydrogens (tertiary/aromatic N) is 1. The molecule has 2 aliphatic rings. The van der Waals surface area contributed by atoms with E-state index in [1.54, 1.807) is 13.8 Å². The number of carboxylic acid groups (broad SMARTS) is 1. The van der Waals surface area contributed by atoms with Crippen molar-refractivity contribution < 1.29 is 28.6 Å². The molecule has 1 aliphatic heterocycles. The second-order valence-electron chi connectivity index (χ2n) is 7.88. The number of hydrogen-bond acceptors (Lipinski definition) is 4. The molecule has 3 atom stereocenters. The molecule has 7 nitrogen and oxygen atoms in total. The molecule has 2 N–H and O–H groups in total. The van der Waals surface area contributed by atoms with Gasteiger partial charge in [-0.3, -0.25) is 9.59 Å². The van der Waals surface area contributed by atoms with Crippen molar-refractivity contribution in [2.24, 2.45) is 11.3 Å². The first kappa shape index (κ1) is 20.3. The highest BCUT2D eigenvalue weighted by molar-refractivity contribution is 6.10. The van der Waals surface area contributed by atoms with E-state index in [4.69, 9.17) is 4.74 Å². The van der Waals surface area contributed by atoms with Crippen LogP contribution in [-0.4, -0.2) is 47.7 Å². The van der Waals surface area contributed by atoms with Crippen LogP contribution in [0.15, 0.2) is 24.3 Å². The maximum Gasteiger partial charge on any atom is 0.330 e. The summed E-state index contributed by atoms with van der Waals surface area (Å²) in [5, 5.41) is 12.5. The number of benzene rings is 1. The molecule has 2 amide bonds. The van der Waals surface area contributed by atoms with Crippen molar-refractivity contribution in [3.05, 3.63) is 30.1 Å². The molecule has 1 saturated heterocycles. The summed E-state index contributed by atoms with van der Waals surface area (Å²) in [4.78, 5) is 39.0. The van der Waals surface area contributed by atoms with Crippen LogP contribution in [0, 0.1) is 17.2 Å². The van der Waals surface area contributed by atoms with Gasteiger partial charge in [-0.25, -0.2) is 9.18 Å². The summed E-state index contributed by atoms with van der Waals surface area (Å²) in [7, 11) is 0. The maximum absolute atomic E-state index is 13.1. The third-order valence-electron chi connectivity index (χ3n) is 6.13. The number of rotatable bonds is 6. The highest BCUT2D eigenvalue weighted by Gasteiger charge is 2.67. The van der Waals surface area contributed by atoms with E-state index < -0.39 is 40.5 Å². The Morgan fingerprint density at radius 3 is 2.50 bits per heavy atom. The highest BCUT2D eigenvalue weighted by atomic mass is 19.1. The molecule has 1 aromatic carbocycles. The van der Waals surface area contributed by atoms with E-state index >= 15 is 0 Å². The summed E-state index contributed by atoms with van der Waals surface area (Å²) < 4.78 is 18.7. The maximum atomic E-state index is 13.1. The molecule has 0 aromatic heterocycles. The fourth-order valence-corrected chi connectivity index (χ4v) is 4.13. The first-order chi connectivity index (χ1) is 13.1. The molecule has 3 rings (SSSR count). The Morgan fingerprint density at radius 1 is 1.32 bits per heavy atom. The van der Waals surface area contributed by atoms with Crippen LogP contribution < -0.4 is 10.2 Å². The van der Waals surface area contributed by atoms with E-state index in [0.717, 1.165) is 0 Å². The van der Waals surface area contributed by atoms with Crippen molar-refractivity contribution in [2.45, 2.75) is 45.3 Å². The Morgan fingerprint density at radius 2 is 1.96 bits per heavy atom. The number of anilines is 1. The first-order valence-corrected chi connectivity index (χ1v) is 9.38. The van der Waals surface area contributed by atoms with Crippen molar-refractivity contribution in [3.63, 3.8) is 0 Å². The van der Waals surface area contributed by atoms with Gasteiger partial charge in [-0.05, 0) is 37.6 Å². The van der Waals surface area contributed by atoms with Gasteiger partial charge < -0.3 is 20.1 Å². The van der Waals surface area contributed by atoms with Gasteiger partial charge in [-0.2, -0.15) is 0 Å². The van der Waals surface area contributed by atoms with Crippen molar-refractivity contribution >= 4 is 23.5 Å². The van der Waals surface area contributed by atoms with Crippen LogP contribution in [0.4, 0.5) is 10.1 Å². The van der Waals surface area contributed by atoms with E-state index in [0.29, 0.717) is 18.8 Å². The van der Waals surface area contributed by atoms with Crippen LogP contribution in [0.25, 0.3) is 0 Å². The molecule has 1 aromatic rings. The standard InChI is InChI=1S/C20H25FN2O5/c1-4-28-15-11-20(18(26)27,19(15,2)3)22-16(24)14-9-10-23(17(14)25)13-7-5-12(21)6-8-13/h5-8,14-15H,4,9-11H2,1-3H3,(H,22,24)(H,26,27). The Kier molecular flexibility index (Phi) is 5.18. The zero-order valence-electron chi connectivity index (χ0n) is 16.2. The monoisotopic (exact) mass is 392 g/mol. The molecule has 28 heavy (non-hydrogen) atoms. The van der Waals surface area contributed by atoms with E-state index in [9.17, 15) is 23.9 Å². The Labute approximate surface area is 162 Å². The zero-order valence-corrected chi connectivity index (χ0v) is 16.2. The number of halogens is 1. The topological polar surface area (TPSA) is 95.9 Å². The van der Waals surface area contributed by atoms with Crippen molar-refractivity contribution in [2.75, 3.05) is 18.1 Å². The normalized spacial score (nSPS) is 28.7. The SMILES string of the molecule is CCOC1CC(NC(=O)C2CCN(c3ccc(F)cc3)C2=O)(C(=O)O)C1(C)C. The van der Waals surface area contributed by atoms with Gasteiger partial charge >= 0.3 is 5.97 Å². The number of nitrogens with one attached hydrogen (secondary N) is 1. The summed E-state index contributed by atoms with van der Waals surface area (Å²) >= 11 is 0. The molecule has 0 radical (unpaired) electrons. The number of carbonyl (C=O) groups excluding carboxylic acids is 2. The summed E-state index contributed by atoms with van der Waals surface area (Å²) in [5.74, 6) is -3.53. The molecule has 8 heteroatoms. The number of carboxylic acids is 1. The fourth-order valence-electron chi connectivity index (χ4n) is 4.13. The lowest BCUT2D eigenvalue weighted by Gasteiger charge is -2.58. The van der Waals surface area contributed by atoms with Gasteiger partial charge in [0, 0.05) is 30.7 Å².